The van der Waals surface area contributed by atoms with E-state index in [0.717, 1.165) is 24.2 Å². The fraction of sp³-hybridized carbons (Fsp3) is 0.364. The Hall–Kier alpha value is -4.24. The van der Waals surface area contributed by atoms with E-state index in [9.17, 15) is 29.9 Å². The van der Waals surface area contributed by atoms with E-state index in [4.69, 9.17) is 0 Å². The highest BCUT2D eigenvalue weighted by atomic mass is 32.2. The van der Waals surface area contributed by atoms with E-state index in [1.807, 2.05) is 36.4 Å². The molecule has 0 radical (unpaired) electrons. The number of nitrogens with zero attached hydrogens (tertiary/aromatic N) is 2. The van der Waals surface area contributed by atoms with Crippen LogP contribution in [0.1, 0.15) is 52.5 Å². The number of nitrogens with one attached hydrogen (secondary N) is 3. The number of aliphatic hydroxyl groups is 2. The number of pyridine rings is 1. The number of rotatable bonds is 17. The minimum atomic E-state index is -1.60. The van der Waals surface area contributed by atoms with Crippen molar-refractivity contribution in [2.24, 2.45) is 0 Å². The summed E-state index contributed by atoms with van der Waals surface area (Å²) in [4.78, 5) is 43.4. The highest BCUT2D eigenvalue weighted by Crippen LogP contribution is 2.15. The predicted octanol–water partition coefficient (Wildman–Crippen LogP) is 2.87. The molecular weight excluding hydrogens is 578 g/mol. The molecule has 0 fully saturated rings. The number of amides is 3. The van der Waals surface area contributed by atoms with Crippen molar-refractivity contribution in [3.05, 3.63) is 102 Å². The third kappa shape index (κ3) is 10.8. The summed E-state index contributed by atoms with van der Waals surface area (Å²) in [5.41, 5.74) is 1.41. The molecule has 44 heavy (non-hydrogen) atoms. The molecule has 2 aromatic carbocycles. The van der Waals surface area contributed by atoms with Crippen molar-refractivity contribution in [1.82, 2.24) is 20.9 Å². The Labute approximate surface area is 262 Å². The molecule has 3 amide bonds. The lowest BCUT2D eigenvalue weighted by Gasteiger charge is -2.33. The Morgan fingerprint density at radius 2 is 1.50 bits per heavy atom. The summed E-state index contributed by atoms with van der Waals surface area (Å²) in [5.74, 6) is -0.424. The van der Waals surface area contributed by atoms with Crippen molar-refractivity contribution in [3.8, 4) is 6.07 Å². The molecular formula is C33H39N5O5S. The first-order chi connectivity index (χ1) is 21.3. The average molecular weight is 618 g/mol. The zero-order chi connectivity index (χ0) is 31.7. The highest BCUT2D eigenvalue weighted by Gasteiger charge is 2.35. The number of unbranched alkanes of at least 4 members (excludes halogenated alkanes) is 1. The van der Waals surface area contributed by atoms with Gasteiger partial charge in [-0.2, -0.15) is 17.0 Å². The summed E-state index contributed by atoms with van der Waals surface area (Å²) >= 11 is 1.53. The van der Waals surface area contributed by atoms with Crippen LogP contribution in [-0.2, 0) is 11.2 Å². The van der Waals surface area contributed by atoms with Crippen LogP contribution in [0.3, 0.4) is 0 Å². The molecule has 3 aromatic rings. The van der Waals surface area contributed by atoms with E-state index >= 15 is 0 Å². The van der Waals surface area contributed by atoms with Gasteiger partial charge in [0, 0.05) is 23.7 Å². The molecule has 10 nitrogen and oxygen atoms in total. The van der Waals surface area contributed by atoms with Crippen LogP contribution in [0.15, 0.2) is 85.2 Å². The number of aromatic nitrogens is 1. The molecule has 5 unspecified atom stereocenters. The van der Waals surface area contributed by atoms with Crippen molar-refractivity contribution in [2.45, 2.75) is 62.9 Å². The van der Waals surface area contributed by atoms with Crippen molar-refractivity contribution in [3.63, 3.8) is 0 Å². The molecule has 0 bridgehead atoms. The minimum Gasteiger partial charge on any atom is -0.388 e. The Balaban J connectivity index is 1.82. The number of nitriles is 1. The second-order valence-electron chi connectivity index (χ2n) is 10.3. The van der Waals surface area contributed by atoms with Gasteiger partial charge in [-0.15, -0.1) is 0 Å². The van der Waals surface area contributed by atoms with Gasteiger partial charge in [0.05, 0.1) is 30.1 Å². The van der Waals surface area contributed by atoms with E-state index in [2.05, 4.69) is 27.9 Å². The van der Waals surface area contributed by atoms with E-state index in [1.54, 1.807) is 48.7 Å². The summed E-state index contributed by atoms with van der Waals surface area (Å²) in [6, 6.07) is 19.5. The first kappa shape index (κ1) is 34.3. The van der Waals surface area contributed by atoms with Crippen molar-refractivity contribution < 1.29 is 24.6 Å². The highest BCUT2D eigenvalue weighted by molar-refractivity contribution is 7.99. The molecule has 5 N–H and O–H groups in total. The monoisotopic (exact) mass is 617 g/mol. The van der Waals surface area contributed by atoms with Gasteiger partial charge in [0.2, 0.25) is 5.91 Å². The van der Waals surface area contributed by atoms with Crippen LogP contribution in [-0.4, -0.2) is 74.8 Å². The van der Waals surface area contributed by atoms with E-state index < -0.39 is 48.1 Å². The smallest absolute Gasteiger partial charge is 0.253 e. The second-order valence-corrected chi connectivity index (χ2v) is 11.4. The van der Waals surface area contributed by atoms with Gasteiger partial charge in [0.1, 0.15) is 18.2 Å². The molecule has 0 aliphatic carbocycles. The van der Waals surface area contributed by atoms with E-state index in [1.165, 1.54) is 18.0 Å². The van der Waals surface area contributed by atoms with Crippen LogP contribution in [0.2, 0.25) is 0 Å². The third-order valence-corrected chi connectivity index (χ3v) is 8.08. The number of benzene rings is 2. The van der Waals surface area contributed by atoms with Crippen LogP contribution in [0.25, 0.3) is 0 Å². The quantitative estimate of drug-likeness (QED) is 0.144. The molecule has 0 aliphatic rings. The topological polar surface area (TPSA) is 164 Å². The lowest BCUT2D eigenvalue weighted by atomic mass is 9.92. The number of hydrogen-bond donors (Lipinski definition) is 5. The molecule has 3 rings (SSSR count). The Kier molecular flexibility index (Phi) is 14.3. The number of aliphatic hydroxyl groups excluding tert-OH is 2. The van der Waals surface area contributed by atoms with E-state index in [-0.39, 0.29) is 12.8 Å². The van der Waals surface area contributed by atoms with Crippen LogP contribution in [0.5, 0.6) is 0 Å². The maximum absolute atomic E-state index is 13.7. The average Bonchev–Trinajstić information content (AvgIpc) is 3.06. The van der Waals surface area contributed by atoms with Gasteiger partial charge < -0.3 is 26.2 Å². The molecule has 0 saturated heterocycles. The van der Waals surface area contributed by atoms with Gasteiger partial charge >= 0.3 is 0 Å². The summed E-state index contributed by atoms with van der Waals surface area (Å²) in [5, 5.41) is 40.4. The van der Waals surface area contributed by atoms with Crippen molar-refractivity contribution in [2.75, 3.05) is 11.5 Å². The standard InChI is InChI=1S/C33H39N5O5S/c1-2-3-19-44-22-28(38-32(42)25-15-10-18-35-21-25)33(43)37-27(20-23-11-6-4-7-12-23)30(40)29(39)26(16-17-34)36-31(41)24-13-8-5-9-14-24/h4-15,18,21,26-30,39-40H,2-3,16,19-20,22H2,1H3,(H,36,41)(H,37,43)(H,38,42). The number of hydrogen-bond acceptors (Lipinski definition) is 8. The Morgan fingerprint density at radius 1 is 0.864 bits per heavy atom. The van der Waals surface area contributed by atoms with Crippen LogP contribution >= 0.6 is 11.8 Å². The molecule has 0 aliphatic heterocycles. The van der Waals surface area contributed by atoms with Gasteiger partial charge in [-0.1, -0.05) is 61.9 Å². The van der Waals surface area contributed by atoms with Gasteiger partial charge in [-0.05, 0) is 48.4 Å². The molecule has 11 heteroatoms. The lowest BCUT2D eigenvalue weighted by Crippen LogP contribution is -2.59. The van der Waals surface area contributed by atoms with Crippen LogP contribution in [0.4, 0.5) is 0 Å². The zero-order valence-electron chi connectivity index (χ0n) is 24.6. The zero-order valence-corrected chi connectivity index (χ0v) is 25.5. The molecule has 1 heterocycles. The second kappa shape index (κ2) is 18.4. The summed E-state index contributed by atoms with van der Waals surface area (Å²) in [6.45, 7) is 2.07. The first-order valence-corrected chi connectivity index (χ1v) is 15.7. The fourth-order valence-corrected chi connectivity index (χ4v) is 5.58. The Bertz CT molecular complexity index is 1360. The van der Waals surface area contributed by atoms with Gasteiger partial charge in [-0.3, -0.25) is 19.4 Å². The number of thioether (sulfide) groups is 1. The minimum absolute atomic E-state index is 0.142. The van der Waals surface area contributed by atoms with Gasteiger partial charge in [-0.25, -0.2) is 0 Å². The third-order valence-electron chi connectivity index (χ3n) is 6.94. The maximum Gasteiger partial charge on any atom is 0.253 e. The molecule has 232 valence electrons. The predicted molar refractivity (Wildman–Crippen MR) is 170 cm³/mol. The normalized spacial score (nSPS) is 14.2. The lowest BCUT2D eigenvalue weighted by molar-refractivity contribution is -0.125. The van der Waals surface area contributed by atoms with Gasteiger partial charge in [0.15, 0.2) is 0 Å². The van der Waals surface area contributed by atoms with Crippen molar-refractivity contribution >= 4 is 29.5 Å². The van der Waals surface area contributed by atoms with Gasteiger partial charge in [0.25, 0.3) is 11.8 Å². The fourth-order valence-electron chi connectivity index (χ4n) is 4.45. The van der Waals surface area contributed by atoms with E-state index in [0.29, 0.717) is 16.9 Å². The number of carbonyl (C=O) groups excluding carboxylic acids is 3. The maximum atomic E-state index is 13.7. The first-order valence-electron chi connectivity index (χ1n) is 14.6. The molecule has 1 aromatic heterocycles. The SMILES string of the molecule is CCCCSCC(NC(=O)c1cccnc1)C(=O)NC(Cc1ccccc1)C(O)C(O)C(CC#N)NC(=O)c1ccccc1. The summed E-state index contributed by atoms with van der Waals surface area (Å²) < 4.78 is 0. The summed E-state index contributed by atoms with van der Waals surface area (Å²) in [6.07, 6.45) is 1.58. The van der Waals surface area contributed by atoms with Crippen LogP contribution < -0.4 is 16.0 Å². The largest absolute Gasteiger partial charge is 0.388 e. The molecule has 5 atom stereocenters. The van der Waals surface area contributed by atoms with Crippen LogP contribution in [0, 0.1) is 11.3 Å². The van der Waals surface area contributed by atoms with Crippen molar-refractivity contribution in [1.29, 1.82) is 5.26 Å². The summed E-state index contributed by atoms with van der Waals surface area (Å²) in [7, 11) is 0. The Morgan fingerprint density at radius 3 is 2.14 bits per heavy atom. The molecule has 0 spiro atoms. The molecule has 0 saturated carbocycles. The number of carbonyl (C=O) groups is 3.